The van der Waals surface area contributed by atoms with Crippen LogP contribution in [0.2, 0.25) is 0 Å². The second kappa shape index (κ2) is 7.75. The minimum atomic E-state index is -1.38. The minimum absolute atomic E-state index is 0.0552. The quantitative estimate of drug-likeness (QED) is 0.288. The van der Waals surface area contributed by atoms with Gasteiger partial charge in [0.1, 0.15) is 13.4 Å². The van der Waals surface area contributed by atoms with Crippen molar-refractivity contribution < 1.29 is 29.2 Å². The topological polar surface area (TPSA) is 85.2 Å². The molecule has 0 spiro atoms. The van der Waals surface area contributed by atoms with Crippen molar-refractivity contribution in [3.8, 4) is 0 Å². The maximum atomic E-state index is 11.8. The van der Waals surface area contributed by atoms with Gasteiger partial charge in [0.2, 0.25) is 0 Å². The van der Waals surface area contributed by atoms with Gasteiger partial charge in [-0.25, -0.2) is 0 Å². The molecule has 2 aliphatic rings. The summed E-state index contributed by atoms with van der Waals surface area (Å²) >= 11 is 0. The molecule has 132 valence electrons. The summed E-state index contributed by atoms with van der Waals surface area (Å²) in [5.74, 6) is -0.135. The van der Waals surface area contributed by atoms with Crippen molar-refractivity contribution in [2.45, 2.75) is 46.0 Å². The molecule has 0 aliphatic heterocycles. The summed E-state index contributed by atoms with van der Waals surface area (Å²) in [6.07, 6.45) is 4.12. The van der Waals surface area contributed by atoms with E-state index < -0.39 is 11.7 Å². The van der Waals surface area contributed by atoms with E-state index in [1.165, 1.54) is 0 Å². The molecule has 0 saturated heterocycles. The van der Waals surface area contributed by atoms with Crippen LogP contribution in [0.5, 0.6) is 0 Å². The molecule has 2 rings (SSSR count). The predicted octanol–water partition coefficient (Wildman–Crippen LogP) is 1.46. The number of aliphatic hydroxyl groups is 2. The van der Waals surface area contributed by atoms with Crippen LogP contribution in [0.15, 0.2) is 12.2 Å². The third kappa shape index (κ3) is 4.32. The average molecular weight is 328 g/mol. The summed E-state index contributed by atoms with van der Waals surface area (Å²) in [7, 11) is 0. The third-order valence-corrected chi connectivity index (χ3v) is 5.03. The van der Waals surface area contributed by atoms with Gasteiger partial charge < -0.3 is 24.4 Å². The number of hydrogen-bond donors (Lipinski definition) is 2. The maximum absolute atomic E-state index is 11.8. The van der Waals surface area contributed by atoms with Crippen LogP contribution in [0.25, 0.3) is 0 Å². The van der Waals surface area contributed by atoms with Gasteiger partial charge in [-0.15, -0.1) is 0 Å². The van der Waals surface area contributed by atoms with Crippen molar-refractivity contribution in [1.82, 2.24) is 0 Å². The summed E-state index contributed by atoms with van der Waals surface area (Å²) in [6, 6.07) is 0. The fraction of sp³-hybridized carbons (Fsp3) is 0.824. The Balaban J connectivity index is 1.63. The summed E-state index contributed by atoms with van der Waals surface area (Å²) < 4.78 is 16.2. The molecule has 6 heteroatoms. The van der Waals surface area contributed by atoms with Gasteiger partial charge in [-0.2, -0.15) is 0 Å². The number of carbonyl (C=O) groups is 1. The van der Waals surface area contributed by atoms with Crippen LogP contribution >= 0.6 is 0 Å². The number of rotatable bonds is 9. The van der Waals surface area contributed by atoms with Crippen molar-refractivity contribution in [2.75, 3.05) is 20.0 Å². The van der Waals surface area contributed by atoms with Gasteiger partial charge in [0, 0.05) is 11.8 Å². The molecule has 23 heavy (non-hydrogen) atoms. The van der Waals surface area contributed by atoms with E-state index in [-0.39, 0.29) is 49.8 Å². The van der Waals surface area contributed by atoms with Crippen LogP contribution in [-0.2, 0) is 19.0 Å². The van der Waals surface area contributed by atoms with Crippen LogP contribution in [-0.4, -0.2) is 48.6 Å². The number of aliphatic hydroxyl groups excluding tert-OH is 1. The van der Waals surface area contributed by atoms with E-state index in [2.05, 4.69) is 6.08 Å². The molecule has 4 unspecified atom stereocenters. The zero-order chi connectivity index (χ0) is 17.0. The molecule has 2 aliphatic carbocycles. The SMILES string of the molecule is CCC(C)(C)C(=O)OCCOCOC1C2C=CC(C2)C1C(O)O. The van der Waals surface area contributed by atoms with E-state index in [1.54, 1.807) is 0 Å². The third-order valence-electron chi connectivity index (χ3n) is 5.03. The molecular formula is C17H28O6. The van der Waals surface area contributed by atoms with Crippen molar-refractivity contribution in [3.05, 3.63) is 12.2 Å². The average Bonchev–Trinajstić information content (AvgIpc) is 3.11. The van der Waals surface area contributed by atoms with Gasteiger partial charge in [0.25, 0.3) is 0 Å². The highest BCUT2D eigenvalue weighted by molar-refractivity contribution is 5.75. The number of carbonyl (C=O) groups excluding carboxylic acids is 1. The van der Waals surface area contributed by atoms with E-state index in [1.807, 2.05) is 26.8 Å². The molecule has 0 heterocycles. The highest BCUT2D eigenvalue weighted by Gasteiger charge is 2.48. The molecule has 1 fully saturated rings. The highest BCUT2D eigenvalue weighted by atomic mass is 16.7. The first-order valence-corrected chi connectivity index (χ1v) is 8.28. The first kappa shape index (κ1) is 18.4. The molecule has 4 atom stereocenters. The lowest BCUT2D eigenvalue weighted by molar-refractivity contribution is -0.172. The summed E-state index contributed by atoms with van der Waals surface area (Å²) in [5, 5.41) is 19.0. The predicted molar refractivity (Wildman–Crippen MR) is 83.2 cm³/mol. The van der Waals surface area contributed by atoms with Gasteiger partial charge in [-0.3, -0.25) is 4.79 Å². The fourth-order valence-electron chi connectivity index (χ4n) is 3.16. The van der Waals surface area contributed by atoms with Crippen LogP contribution in [0, 0.1) is 23.2 Å². The monoisotopic (exact) mass is 328 g/mol. The summed E-state index contributed by atoms with van der Waals surface area (Å²) in [5.41, 5.74) is -0.476. The smallest absolute Gasteiger partial charge is 0.311 e. The zero-order valence-corrected chi connectivity index (χ0v) is 14.1. The van der Waals surface area contributed by atoms with Crippen LogP contribution in [0.4, 0.5) is 0 Å². The Bertz CT molecular complexity index is 431. The molecule has 6 nitrogen and oxygen atoms in total. The second-order valence-corrected chi connectivity index (χ2v) is 6.97. The lowest BCUT2D eigenvalue weighted by Gasteiger charge is -2.29. The largest absolute Gasteiger partial charge is 0.463 e. The molecule has 0 amide bonds. The van der Waals surface area contributed by atoms with E-state index >= 15 is 0 Å². The Morgan fingerprint density at radius 2 is 1.96 bits per heavy atom. The molecule has 0 aromatic carbocycles. The van der Waals surface area contributed by atoms with Crippen LogP contribution in [0.1, 0.15) is 33.6 Å². The van der Waals surface area contributed by atoms with E-state index in [0.717, 1.165) is 12.8 Å². The number of ether oxygens (including phenoxy) is 3. The van der Waals surface area contributed by atoms with Gasteiger partial charge in [-0.05, 0) is 32.6 Å². The van der Waals surface area contributed by atoms with Crippen LogP contribution < -0.4 is 0 Å². The Hall–Kier alpha value is -0.950. The van der Waals surface area contributed by atoms with Crippen LogP contribution in [0.3, 0.4) is 0 Å². The second-order valence-electron chi connectivity index (χ2n) is 6.97. The molecule has 2 N–H and O–H groups in total. The van der Waals surface area contributed by atoms with E-state index in [9.17, 15) is 15.0 Å². The molecule has 0 aromatic rings. The first-order chi connectivity index (χ1) is 10.9. The number of fused-ring (bicyclic) bond motifs is 2. The maximum Gasteiger partial charge on any atom is 0.311 e. The lowest BCUT2D eigenvalue weighted by atomic mass is 9.90. The normalized spacial score (nSPS) is 29.5. The minimum Gasteiger partial charge on any atom is -0.463 e. The molecule has 0 radical (unpaired) electrons. The van der Waals surface area contributed by atoms with Gasteiger partial charge in [-0.1, -0.05) is 19.1 Å². The Morgan fingerprint density at radius 3 is 2.61 bits per heavy atom. The van der Waals surface area contributed by atoms with Gasteiger partial charge in [0.05, 0.1) is 18.1 Å². The Labute approximate surface area is 137 Å². The lowest BCUT2D eigenvalue weighted by Crippen LogP contribution is -2.37. The standard InChI is InChI=1S/C17H28O6/c1-4-17(2,3)16(20)22-8-7-21-10-23-14-12-6-5-11(9-12)13(14)15(18)19/h5-6,11-15,18-19H,4,7-10H2,1-3H3. The van der Waals surface area contributed by atoms with Gasteiger partial charge >= 0.3 is 5.97 Å². The number of hydrogen-bond acceptors (Lipinski definition) is 6. The van der Waals surface area contributed by atoms with E-state index in [4.69, 9.17) is 14.2 Å². The zero-order valence-electron chi connectivity index (χ0n) is 14.1. The Morgan fingerprint density at radius 1 is 1.26 bits per heavy atom. The van der Waals surface area contributed by atoms with E-state index in [0.29, 0.717) is 0 Å². The molecule has 2 bridgehead atoms. The van der Waals surface area contributed by atoms with Gasteiger partial charge in [0.15, 0.2) is 6.29 Å². The fourth-order valence-corrected chi connectivity index (χ4v) is 3.16. The molecular weight excluding hydrogens is 300 g/mol. The van der Waals surface area contributed by atoms with Crippen molar-refractivity contribution in [3.63, 3.8) is 0 Å². The molecule has 0 aromatic heterocycles. The van der Waals surface area contributed by atoms with Crippen molar-refractivity contribution >= 4 is 5.97 Å². The summed E-state index contributed by atoms with van der Waals surface area (Å²) in [4.78, 5) is 11.8. The first-order valence-electron chi connectivity index (χ1n) is 8.28. The Kier molecular flexibility index (Phi) is 6.19. The summed E-state index contributed by atoms with van der Waals surface area (Å²) in [6.45, 7) is 6.15. The number of esters is 1. The van der Waals surface area contributed by atoms with Crippen molar-refractivity contribution in [2.24, 2.45) is 23.2 Å². The highest BCUT2D eigenvalue weighted by Crippen LogP contribution is 2.46. The number of allylic oxidation sites excluding steroid dienone is 1. The van der Waals surface area contributed by atoms with Crippen molar-refractivity contribution in [1.29, 1.82) is 0 Å². The molecule has 1 saturated carbocycles.